The van der Waals surface area contributed by atoms with Gasteiger partial charge in [0.1, 0.15) is 12.4 Å². The Kier molecular flexibility index (Phi) is 6.94. The molecule has 0 saturated carbocycles. The summed E-state index contributed by atoms with van der Waals surface area (Å²) in [7, 11) is 1.62. The number of nitrogens with zero attached hydrogens (tertiary/aromatic N) is 3. The molecule has 3 rings (SSSR count). The minimum Gasteiger partial charge on any atom is -0.384 e. The van der Waals surface area contributed by atoms with Crippen LogP contribution < -0.4 is 5.32 Å². The van der Waals surface area contributed by atoms with E-state index in [2.05, 4.69) is 15.5 Å². The first-order chi connectivity index (χ1) is 13.6. The van der Waals surface area contributed by atoms with Crippen molar-refractivity contribution >= 4 is 11.7 Å². The molecule has 1 aliphatic heterocycles. The van der Waals surface area contributed by atoms with Crippen LogP contribution in [0.1, 0.15) is 30.1 Å². The molecular formula is C19H25FN4O4. The minimum absolute atomic E-state index is 0.0225. The Hall–Kier alpha value is -2.52. The Bertz CT molecular complexity index is 790. The number of benzene rings is 1. The Balaban J connectivity index is 1.42. The van der Waals surface area contributed by atoms with E-state index >= 15 is 0 Å². The van der Waals surface area contributed by atoms with Gasteiger partial charge in [-0.05, 0) is 31.9 Å². The molecule has 0 unspecified atom stereocenters. The summed E-state index contributed by atoms with van der Waals surface area (Å²) in [4.78, 5) is 18.4. The molecule has 0 aliphatic carbocycles. The van der Waals surface area contributed by atoms with E-state index in [4.69, 9.17) is 14.0 Å². The van der Waals surface area contributed by atoms with Gasteiger partial charge in [-0.15, -0.1) is 0 Å². The molecule has 1 aliphatic rings. The first kappa shape index (κ1) is 20.2. The van der Waals surface area contributed by atoms with Crippen molar-refractivity contribution < 1.29 is 23.2 Å². The molecule has 2 amide bonds. The lowest BCUT2D eigenvalue weighted by Gasteiger charge is -2.31. The van der Waals surface area contributed by atoms with Crippen LogP contribution in [-0.4, -0.2) is 54.0 Å². The lowest BCUT2D eigenvalue weighted by atomic mass is 10.1. The van der Waals surface area contributed by atoms with E-state index in [1.165, 1.54) is 6.07 Å². The van der Waals surface area contributed by atoms with Crippen molar-refractivity contribution in [3.63, 3.8) is 0 Å². The van der Waals surface area contributed by atoms with Gasteiger partial charge in [0.25, 0.3) is 5.89 Å². The van der Waals surface area contributed by atoms with Gasteiger partial charge in [0.2, 0.25) is 0 Å². The van der Waals surface area contributed by atoms with E-state index in [0.717, 1.165) is 0 Å². The first-order valence-electron chi connectivity index (χ1n) is 9.30. The van der Waals surface area contributed by atoms with Crippen LogP contribution in [0.4, 0.5) is 14.9 Å². The summed E-state index contributed by atoms with van der Waals surface area (Å²) in [5.74, 6) is 0.698. The number of piperidine rings is 1. The van der Waals surface area contributed by atoms with Gasteiger partial charge in [-0.1, -0.05) is 11.2 Å². The van der Waals surface area contributed by atoms with Crippen molar-refractivity contribution in [3.8, 4) is 0 Å². The Labute approximate surface area is 163 Å². The molecule has 0 spiro atoms. The summed E-state index contributed by atoms with van der Waals surface area (Å²) in [5.41, 5.74) is 0.919. The second-order valence-corrected chi connectivity index (χ2v) is 6.69. The third-order valence-electron chi connectivity index (χ3n) is 4.72. The zero-order valence-electron chi connectivity index (χ0n) is 16.1. The number of hydrogen-bond acceptors (Lipinski definition) is 6. The highest BCUT2D eigenvalue weighted by Gasteiger charge is 2.24. The number of anilines is 1. The highest BCUT2D eigenvalue weighted by molar-refractivity contribution is 5.90. The SMILES string of the molecule is COCCc1noc(COC2CCN(C(=O)Nc3cccc(F)c3C)CC2)n1. The van der Waals surface area contributed by atoms with E-state index < -0.39 is 0 Å². The predicted molar refractivity (Wildman–Crippen MR) is 99.4 cm³/mol. The van der Waals surface area contributed by atoms with Gasteiger partial charge in [-0.3, -0.25) is 0 Å². The monoisotopic (exact) mass is 392 g/mol. The van der Waals surface area contributed by atoms with Gasteiger partial charge in [0, 0.05) is 37.9 Å². The van der Waals surface area contributed by atoms with Gasteiger partial charge in [0.15, 0.2) is 5.82 Å². The van der Waals surface area contributed by atoms with Crippen molar-refractivity contribution in [2.45, 2.75) is 38.9 Å². The maximum atomic E-state index is 13.6. The normalized spacial score (nSPS) is 15.0. The number of nitrogens with one attached hydrogen (secondary N) is 1. The van der Waals surface area contributed by atoms with E-state index in [9.17, 15) is 9.18 Å². The molecule has 28 heavy (non-hydrogen) atoms. The number of aromatic nitrogens is 2. The standard InChI is InChI=1S/C19H25FN4O4/c1-13-15(20)4-3-5-16(13)21-19(25)24-9-6-14(7-10-24)27-12-18-22-17(23-28-18)8-11-26-2/h3-5,14H,6-12H2,1-2H3,(H,21,25). The molecule has 2 aromatic rings. The smallest absolute Gasteiger partial charge is 0.321 e. The molecule has 1 fully saturated rings. The van der Waals surface area contributed by atoms with Crippen LogP contribution in [-0.2, 0) is 22.5 Å². The van der Waals surface area contributed by atoms with Crippen molar-refractivity contribution in [3.05, 3.63) is 41.3 Å². The maximum absolute atomic E-state index is 13.6. The van der Waals surface area contributed by atoms with Crippen molar-refractivity contribution in [1.82, 2.24) is 15.0 Å². The lowest BCUT2D eigenvalue weighted by Crippen LogP contribution is -2.43. The fraction of sp³-hybridized carbons (Fsp3) is 0.526. The number of halogens is 1. The van der Waals surface area contributed by atoms with Gasteiger partial charge in [0.05, 0.1) is 12.7 Å². The van der Waals surface area contributed by atoms with Gasteiger partial charge >= 0.3 is 6.03 Å². The summed E-state index contributed by atoms with van der Waals surface area (Å²) in [6.45, 7) is 3.56. The second kappa shape index (κ2) is 9.61. The Morgan fingerprint density at radius 3 is 2.93 bits per heavy atom. The van der Waals surface area contributed by atoms with E-state index in [1.807, 2.05) is 0 Å². The van der Waals surface area contributed by atoms with Crippen LogP contribution in [0.5, 0.6) is 0 Å². The lowest BCUT2D eigenvalue weighted by molar-refractivity contribution is -0.00532. The Morgan fingerprint density at radius 1 is 1.39 bits per heavy atom. The molecule has 8 nitrogen and oxygen atoms in total. The highest BCUT2D eigenvalue weighted by Crippen LogP contribution is 2.20. The topological polar surface area (TPSA) is 89.7 Å². The highest BCUT2D eigenvalue weighted by atomic mass is 19.1. The molecule has 0 atom stereocenters. The largest absolute Gasteiger partial charge is 0.384 e. The Morgan fingerprint density at radius 2 is 2.18 bits per heavy atom. The van der Waals surface area contributed by atoms with Crippen LogP contribution in [0.25, 0.3) is 0 Å². The third-order valence-corrected chi connectivity index (χ3v) is 4.72. The number of likely N-dealkylation sites (tertiary alicyclic amines) is 1. The number of ether oxygens (including phenoxy) is 2. The molecular weight excluding hydrogens is 367 g/mol. The van der Waals surface area contributed by atoms with Gasteiger partial charge in [-0.2, -0.15) is 4.98 Å². The summed E-state index contributed by atoms with van der Waals surface area (Å²) >= 11 is 0. The van der Waals surface area contributed by atoms with E-state index in [1.54, 1.807) is 31.1 Å². The van der Waals surface area contributed by atoms with E-state index in [-0.39, 0.29) is 24.6 Å². The van der Waals surface area contributed by atoms with Gasteiger partial charge < -0.3 is 24.2 Å². The number of amides is 2. The molecule has 152 valence electrons. The number of carbonyl (C=O) groups excluding carboxylic acids is 1. The predicted octanol–water partition coefficient (Wildman–Crippen LogP) is 2.92. The summed E-state index contributed by atoms with van der Waals surface area (Å²) < 4.78 is 29.6. The van der Waals surface area contributed by atoms with Crippen molar-refractivity contribution in [1.29, 1.82) is 0 Å². The molecule has 2 heterocycles. The quantitative estimate of drug-likeness (QED) is 0.779. The number of carbonyl (C=O) groups is 1. The van der Waals surface area contributed by atoms with Crippen molar-refractivity contribution in [2.24, 2.45) is 0 Å². The van der Waals surface area contributed by atoms with Crippen LogP contribution >= 0.6 is 0 Å². The summed E-state index contributed by atoms with van der Waals surface area (Å²) in [5, 5.41) is 6.65. The van der Waals surface area contributed by atoms with Gasteiger partial charge in [-0.25, -0.2) is 9.18 Å². The van der Waals surface area contributed by atoms with E-state index in [0.29, 0.717) is 61.9 Å². The van der Waals surface area contributed by atoms with Crippen molar-refractivity contribution in [2.75, 3.05) is 32.1 Å². The van der Waals surface area contributed by atoms with Crippen LogP contribution in [0, 0.1) is 12.7 Å². The van der Waals surface area contributed by atoms with Crippen LogP contribution in [0.15, 0.2) is 22.7 Å². The minimum atomic E-state index is -0.337. The fourth-order valence-electron chi connectivity index (χ4n) is 3.00. The number of urea groups is 1. The average molecular weight is 392 g/mol. The maximum Gasteiger partial charge on any atom is 0.321 e. The number of methoxy groups -OCH3 is 1. The molecule has 1 aromatic heterocycles. The second-order valence-electron chi connectivity index (χ2n) is 6.69. The number of rotatable bonds is 7. The molecule has 9 heteroatoms. The number of hydrogen-bond donors (Lipinski definition) is 1. The fourth-order valence-corrected chi connectivity index (χ4v) is 3.00. The first-order valence-corrected chi connectivity index (χ1v) is 9.30. The van der Waals surface area contributed by atoms with Crippen LogP contribution in [0.2, 0.25) is 0 Å². The summed E-state index contributed by atoms with van der Waals surface area (Å²) in [6, 6.07) is 4.41. The molecule has 1 aromatic carbocycles. The third kappa shape index (κ3) is 5.26. The molecule has 1 saturated heterocycles. The average Bonchev–Trinajstić information content (AvgIpc) is 3.16. The molecule has 0 radical (unpaired) electrons. The zero-order chi connectivity index (χ0) is 19.9. The summed E-state index contributed by atoms with van der Waals surface area (Å²) in [6.07, 6.45) is 2.04. The molecule has 0 bridgehead atoms. The zero-order valence-corrected chi connectivity index (χ0v) is 16.1. The molecule has 1 N–H and O–H groups in total. The van der Waals surface area contributed by atoms with Crippen LogP contribution in [0.3, 0.4) is 0 Å².